The highest BCUT2D eigenvalue weighted by Crippen LogP contribution is 2.43. The van der Waals surface area contributed by atoms with Crippen molar-refractivity contribution in [1.29, 1.82) is 0 Å². The second-order valence-corrected chi connectivity index (χ2v) is 9.49. The van der Waals surface area contributed by atoms with Gasteiger partial charge in [-0.25, -0.2) is 4.57 Å². The van der Waals surface area contributed by atoms with Crippen LogP contribution in [-0.4, -0.2) is 75.6 Å². The molecule has 28 heavy (non-hydrogen) atoms. The smallest absolute Gasteiger partial charge is 0.458 e. The van der Waals surface area contributed by atoms with Crippen molar-refractivity contribution >= 4 is 13.8 Å². The zero-order chi connectivity index (χ0) is 21.5. The van der Waals surface area contributed by atoms with E-state index in [1.165, 1.54) is 39.0 Å². The van der Waals surface area contributed by atoms with Gasteiger partial charge in [-0.15, -0.1) is 0 Å². The molecule has 0 aliphatic rings. The number of unbranched alkanes of at least 4 members (excludes halogenated alkanes) is 6. The first-order valence-electron chi connectivity index (χ1n) is 10.2. The Morgan fingerprint density at radius 2 is 1.57 bits per heavy atom. The SMILES string of the molecule is CCCCCCCCCOCC(COP(=O)(O)OCC[N+](C)(C)C)OC(C)=O. The first kappa shape index (κ1) is 27.5. The molecular weight excluding hydrogens is 385 g/mol. The van der Waals surface area contributed by atoms with Gasteiger partial charge in [-0.05, 0) is 6.42 Å². The third-order valence-electron chi connectivity index (χ3n) is 3.97. The number of nitrogens with zero attached hydrogens (tertiary/aromatic N) is 1. The van der Waals surface area contributed by atoms with Crippen molar-refractivity contribution in [3.63, 3.8) is 0 Å². The molecule has 0 aromatic heterocycles. The van der Waals surface area contributed by atoms with Gasteiger partial charge in [0.25, 0.3) is 0 Å². The maximum Gasteiger partial charge on any atom is 0.472 e. The zero-order valence-electron chi connectivity index (χ0n) is 18.4. The van der Waals surface area contributed by atoms with Crippen molar-refractivity contribution < 1.29 is 37.3 Å². The Balaban J connectivity index is 4.06. The lowest BCUT2D eigenvalue weighted by Crippen LogP contribution is -2.37. The second kappa shape index (κ2) is 15.4. The lowest BCUT2D eigenvalue weighted by molar-refractivity contribution is -0.870. The van der Waals surface area contributed by atoms with Crippen molar-refractivity contribution in [2.24, 2.45) is 0 Å². The Bertz CT molecular complexity index is 454. The van der Waals surface area contributed by atoms with E-state index in [0.717, 1.165) is 12.8 Å². The number of carbonyl (C=O) groups excluding carboxylic acids is 1. The molecule has 0 rings (SSSR count). The molecule has 8 nitrogen and oxygen atoms in total. The lowest BCUT2D eigenvalue weighted by atomic mass is 10.1. The molecule has 0 heterocycles. The first-order valence-corrected chi connectivity index (χ1v) is 11.7. The van der Waals surface area contributed by atoms with Crippen LogP contribution in [0.15, 0.2) is 0 Å². The highest BCUT2D eigenvalue weighted by atomic mass is 31.2. The molecule has 0 saturated carbocycles. The van der Waals surface area contributed by atoms with Crippen LogP contribution >= 0.6 is 7.82 Å². The summed E-state index contributed by atoms with van der Waals surface area (Å²) >= 11 is 0. The number of likely N-dealkylation sites (N-methyl/N-ethyl adjacent to an activating group) is 1. The van der Waals surface area contributed by atoms with Crippen molar-refractivity contribution in [2.75, 3.05) is 54.1 Å². The molecule has 0 aromatic carbocycles. The summed E-state index contributed by atoms with van der Waals surface area (Å²) in [5.74, 6) is -0.494. The van der Waals surface area contributed by atoms with E-state index >= 15 is 0 Å². The average Bonchev–Trinajstić information content (AvgIpc) is 2.56. The summed E-state index contributed by atoms with van der Waals surface area (Å²) < 4.78 is 33.1. The Morgan fingerprint density at radius 3 is 2.14 bits per heavy atom. The highest BCUT2D eigenvalue weighted by molar-refractivity contribution is 7.47. The quantitative estimate of drug-likeness (QED) is 0.155. The molecule has 2 atom stereocenters. The van der Waals surface area contributed by atoms with Crippen molar-refractivity contribution in [3.05, 3.63) is 0 Å². The molecule has 0 amide bonds. The Kier molecular flexibility index (Phi) is 15.1. The number of carbonyl (C=O) groups is 1. The Hall–Kier alpha value is -0.500. The standard InChI is InChI=1S/C19H40NO7P/c1-6-7-8-9-10-11-12-14-24-16-19(27-18(2)21)17-26-28(22,23)25-15-13-20(3,4)5/h19H,6-17H2,1-5H3/p+1. The van der Waals surface area contributed by atoms with Gasteiger partial charge >= 0.3 is 13.8 Å². The van der Waals surface area contributed by atoms with E-state index in [1.54, 1.807) is 0 Å². The molecule has 0 spiro atoms. The molecule has 0 bridgehead atoms. The number of hydrogen-bond donors (Lipinski definition) is 1. The summed E-state index contributed by atoms with van der Waals surface area (Å²) in [4.78, 5) is 21.0. The van der Waals surface area contributed by atoms with Gasteiger partial charge in [0, 0.05) is 13.5 Å². The monoisotopic (exact) mass is 426 g/mol. The van der Waals surface area contributed by atoms with Crippen LogP contribution in [0.3, 0.4) is 0 Å². The van der Waals surface area contributed by atoms with E-state index in [9.17, 15) is 14.3 Å². The number of rotatable bonds is 18. The molecule has 0 aliphatic heterocycles. The van der Waals surface area contributed by atoms with Crippen LogP contribution < -0.4 is 0 Å². The molecule has 0 aromatic rings. The molecule has 1 N–H and O–H groups in total. The minimum atomic E-state index is -4.20. The largest absolute Gasteiger partial charge is 0.472 e. The number of ether oxygens (including phenoxy) is 2. The number of phosphoric ester groups is 1. The third-order valence-corrected chi connectivity index (χ3v) is 4.95. The number of quaternary nitrogens is 1. The van der Waals surface area contributed by atoms with Crippen molar-refractivity contribution in [3.8, 4) is 0 Å². The molecule has 0 radical (unpaired) electrons. The van der Waals surface area contributed by atoms with Crippen LogP contribution in [0, 0.1) is 0 Å². The van der Waals surface area contributed by atoms with E-state index in [1.807, 2.05) is 21.1 Å². The van der Waals surface area contributed by atoms with Gasteiger partial charge in [0.1, 0.15) is 19.3 Å². The molecule has 168 valence electrons. The molecular formula is C19H41NO7P+. The van der Waals surface area contributed by atoms with Crippen LogP contribution in [0.25, 0.3) is 0 Å². The van der Waals surface area contributed by atoms with Gasteiger partial charge in [0.2, 0.25) is 0 Å². The Labute approximate surface area is 170 Å². The minimum Gasteiger partial charge on any atom is -0.458 e. The van der Waals surface area contributed by atoms with E-state index in [2.05, 4.69) is 6.92 Å². The third kappa shape index (κ3) is 18.8. The van der Waals surface area contributed by atoms with E-state index in [-0.39, 0.29) is 19.8 Å². The van der Waals surface area contributed by atoms with E-state index in [0.29, 0.717) is 17.6 Å². The maximum absolute atomic E-state index is 11.9. The van der Waals surface area contributed by atoms with E-state index < -0.39 is 19.9 Å². The number of esters is 1. The van der Waals surface area contributed by atoms with Gasteiger partial charge in [-0.3, -0.25) is 13.8 Å². The van der Waals surface area contributed by atoms with Crippen LogP contribution in [0.1, 0.15) is 58.8 Å². The average molecular weight is 427 g/mol. The van der Waals surface area contributed by atoms with Gasteiger partial charge < -0.3 is 18.9 Å². The fourth-order valence-electron chi connectivity index (χ4n) is 2.37. The van der Waals surface area contributed by atoms with Gasteiger partial charge in [-0.1, -0.05) is 45.4 Å². The fraction of sp³-hybridized carbons (Fsp3) is 0.947. The normalized spacial score (nSPS) is 15.2. The van der Waals surface area contributed by atoms with Gasteiger partial charge in [0.05, 0.1) is 34.4 Å². The van der Waals surface area contributed by atoms with Crippen LogP contribution in [0.4, 0.5) is 0 Å². The molecule has 9 heteroatoms. The highest BCUT2D eigenvalue weighted by Gasteiger charge is 2.25. The Morgan fingerprint density at radius 1 is 0.964 bits per heavy atom. The van der Waals surface area contributed by atoms with Crippen LogP contribution in [0.5, 0.6) is 0 Å². The molecule has 0 aliphatic carbocycles. The fourth-order valence-corrected chi connectivity index (χ4v) is 3.11. The number of hydrogen-bond acceptors (Lipinski definition) is 6. The first-order chi connectivity index (χ1) is 13.1. The van der Waals surface area contributed by atoms with Crippen molar-refractivity contribution in [1.82, 2.24) is 0 Å². The molecule has 2 unspecified atom stereocenters. The van der Waals surface area contributed by atoms with Crippen LogP contribution in [0.2, 0.25) is 0 Å². The molecule has 0 fully saturated rings. The van der Waals surface area contributed by atoms with Crippen molar-refractivity contribution in [2.45, 2.75) is 64.9 Å². The maximum atomic E-state index is 11.9. The summed E-state index contributed by atoms with van der Waals surface area (Å²) in [6, 6.07) is 0. The summed E-state index contributed by atoms with van der Waals surface area (Å²) in [7, 11) is 1.65. The predicted octanol–water partition coefficient (Wildman–Crippen LogP) is 3.53. The minimum absolute atomic E-state index is 0.0876. The number of phosphoric acid groups is 1. The lowest BCUT2D eigenvalue weighted by Gasteiger charge is -2.24. The predicted molar refractivity (Wildman–Crippen MR) is 109 cm³/mol. The second-order valence-electron chi connectivity index (χ2n) is 8.04. The zero-order valence-corrected chi connectivity index (χ0v) is 19.2. The molecule has 0 saturated heterocycles. The van der Waals surface area contributed by atoms with Gasteiger partial charge in [-0.2, -0.15) is 0 Å². The summed E-state index contributed by atoms with van der Waals surface area (Å²) in [6.45, 7) is 4.54. The summed E-state index contributed by atoms with van der Waals surface area (Å²) in [5, 5.41) is 0. The topological polar surface area (TPSA) is 91.3 Å². The summed E-state index contributed by atoms with van der Waals surface area (Å²) in [6.07, 6.45) is 7.54. The summed E-state index contributed by atoms with van der Waals surface area (Å²) in [5.41, 5.74) is 0. The van der Waals surface area contributed by atoms with E-state index in [4.69, 9.17) is 18.5 Å². The van der Waals surface area contributed by atoms with Crippen LogP contribution in [-0.2, 0) is 27.9 Å². The van der Waals surface area contributed by atoms with Gasteiger partial charge in [0.15, 0.2) is 0 Å².